The van der Waals surface area contributed by atoms with Crippen molar-refractivity contribution in [2.24, 2.45) is 11.8 Å². The molecule has 2 amide bonds. The fourth-order valence-electron chi connectivity index (χ4n) is 5.62. The zero-order valence-corrected chi connectivity index (χ0v) is 18.9. The van der Waals surface area contributed by atoms with E-state index in [9.17, 15) is 19.8 Å². The van der Waals surface area contributed by atoms with Crippen molar-refractivity contribution in [3.63, 3.8) is 0 Å². The summed E-state index contributed by atoms with van der Waals surface area (Å²) < 4.78 is 6.19. The van der Waals surface area contributed by atoms with Gasteiger partial charge in [0.1, 0.15) is 17.5 Å². The van der Waals surface area contributed by atoms with Gasteiger partial charge in [-0.05, 0) is 81.9 Å². The molecule has 7 nitrogen and oxygen atoms in total. The quantitative estimate of drug-likeness (QED) is 0.573. The fourth-order valence-corrected chi connectivity index (χ4v) is 5.62. The second kappa shape index (κ2) is 8.01. The summed E-state index contributed by atoms with van der Waals surface area (Å²) in [6.45, 7) is 6.81. The van der Waals surface area contributed by atoms with Gasteiger partial charge < -0.3 is 25.6 Å². The first-order valence-electron chi connectivity index (χ1n) is 11.4. The molecule has 0 aromatic heterocycles. The van der Waals surface area contributed by atoms with E-state index in [1.165, 1.54) is 12.8 Å². The minimum Gasteiger partial charge on any atom is -0.507 e. The number of phenols is 1. The highest BCUT2D eigenvalue weighted by Gasteiger charge is 2.44. The van der Waals surface area contributed by atoms with E-state index in [4.69, 9.17) is 4.74 Å². The fraction of sp³-hybridized carbons (Fsp3) is 0.667. The van der Waals surface area contributed by atoms with Crippen LogP contribution in [0.25, 0.3) is 0 Å². The number of rotatable bonds is 5. The number of aliphatic hydroxyl groups is 1. The summed E-state index contributed by atoms with van der Waals surface area (Å²) in [5.74, 6) is 1.37. The molecule has 5 atom stereocenters. The van der Waals surface area contributed by atoms with E-state index in [1.54, 1.807) is 6.92 Å². The van der Waals surface area contributed by atoms with Crippen molar-refractivity contribution in [3.05, 3.63) is 22.3 Å². The Morgan fingerprint density at radius 3 is 2.52 bits per heavy atom. The molecule has 3 aliphatic rings. The number of hydrogen-bond acceptors (Lipinski definition) is 5. The lowest BCUT2D eigenvalue weighted by Crippen LogP contribution is -2.58. The highest BCUT2D eigenvalue weighted by molar-refractivity contribution is 5.92. The number of carbonyl (C=O) groups is 2. The molecule has 1 heterocycles. The number of phenolic OH excluding ortho intramolecular Hbond substituents is 1. The Hall–Kier alpha value is -2.28. The molecule has 1 aromatic carbocycles. The minimum atomic E-state index is -1.16. The average molecular weight is 431 g/mol. The lowest BCUT2D eigenvalue weighted by atomic mass is 9.86. The number of ether oxygens (including phenoxy) is 1. The first-order valence-corrected chi connectivity index (χ1v) is 11.4. The van der Waals surface area contributed by atoms with E-state index in [0.717, 1.165) is 35.1 Å². The summed E-state index contributed by atoms with van der Waals surface area (Å²) in [5.41, 5.74) is 2.08. The van der Waals surface area contributed by atoms with Crippen LogP contribution in [0.1, 0.15) is 61.3 Å². The first kappa shape index (κ1) is 21.9. The molecule has 2 bridgehead atoms. The highest BCUT2D eigenvalue weighted by atomic mass is 16.5. The Morgan fingerprint density at radius 1 is 1.16 bits per heavy atom. The van der Waals surface area contributed by atoms with Gasteiger partial charge in [-0.1, -0.05) is 6.42 Å². The van der Waals surface area contributed by atoms with Crippen molar-refractivity contribution in [2.75, 3.05) is 6.61 Å². The van der Waals surface area contributed by atoms with E-state index >= 15 is 0 Å². The highest BCUT2D eigenvalue weighted by Crippen LogP contribution is 2.45. The number of amides is 2. The summed E-state index contributed by atoms with van der Waals surface area (Å²) in [6, 6.07) is -0.857. The SMILES string of the molecule is Cc1c(C)c2c(c(C)c1O)CCC(C)(C(=O)NC(CO)C(=O)NC1CC3CCC1C3)O2. The van der Waals surface area contributed by atoms with Crippen molar-refractivity contribution in [1.82, 2.24) is 10.6 Å². The van der Waals surface area contributed by atoms with Crippen molar-refractivity contribution < 1.29 is 24.5 Å². The van der Waals surface area contributed by atoms with Crippen LogP contribution in [0, 0.1) is 32.6 Å². The summed E-state index contributed by atoms with van der Waals surface area (Å²) in [7, 11) is 0. The number of fused-ring (bicyclic) bond motifs is 3. The minimum absolute atomic E-state index is 0.145. The molecule has 7 heteroatoms. The van der Waals surface area contributed by atoms with Gasteiger partial charge in [0.15, 0.2) is 5.60 Å². The van der Waals surface area contributed by atoms with Gasteiger partial charge in [-0.3, -0.25) is 9.59 Å². The molecule has 2 saturated carbocycles. The van der Waals surface area contributed by atoms with E-state index in [1.807, 2.05) is 20.8 Å². The maximum atomic E-state index is 13.1. The molecule has 2 aliphatic carbocycles. The average Bonchev–Trinajstić information content (AvgIpc) is 3.37. The predicted octanol–water partition coefficient (Wildman–Crippen LogP) is 2.18. The maximum absolute atomic E-state index is 13.1. The zero-order valence-electron chi connectivity index (χ0n) is 18.9. The lowest BCUT2D eigenvalue weighted by molar-refractivity contribution is -0.141. The standard InChI is InChI=1S/C24H34N2O5/c1-12-13(2)21-17(14(3)20(12)28)7-8-24(4,31-21)23(30)26-19(11-27)22(29)25-18-10-15-5-6-16(18)9-15/h15-16,18-19,27-28H,5-11H2,1-4H3,(H,25,29)(H,26,30). The molecule has 1 aliphatic heterocycles. The molecule has 1 aromatic rings. The van der Waals surface area contributed by atoms with Crippen LogP contribution in [0.2, 0.25) is 0 Å². The molecule has 0 spiro atoms. The van der Waals surface area contributed by atoms with Crippen LogP contribution in [-0.4, -0.2) is 46.3 Å². The van der Waals surface area contributed by atoms with Crippen LogP contribution in [0.5, 0.6) is 11.5 Å². The summed E-state index contributed by atoms with van der Waals surface area (Å²) in [6.07, 6.45) is 5.54. The molecule has 2 fully saturated rings. The van der Waals surface area contributed by atoms with Crippen LogP contribution < -0.4 is 15.4 Å². The van der Waals surface area contributed by atoms with Crippen LogP contribution in [0.15, 0.2) is 0 Å². The van der Waals surface area contributed by atoms with Gasteiger partial charge in [-0.25, -0.2) is 0 Å². The van der Waals surface area contributed by atoms with E-state index in [-0.39, 0.29) is 17.7 Å². The molecule has 4 N–H and O–H groups in total. The van der Waals surface area contributed by atoms with Crippen LogP contribution in [0.3, 0.4) is 0 Å². The van der Waals surface area contributed by atoms with Gasteiger partial charge in [0.05, 0.1) is 6.61 Å². The smallest absolute Gasteiger partial charge is 0.264 e. The number of aromatic hydroxyl groups is 1. The summed E-state index contributed by atoms with van der Waals surface area (Å²) in [4.78, 5) is 25.9. The van der Waals surface area contributed by atoms with Gasteiger partial charge in [0, 0.05) is 18.0 Å². The van der Waals surface area contributed by atoms with Gasteiger partial charge in [0.25, 0.3) is 5.91 Å². The maximum Gasteiger partial charge on any atom is 0.264 e. The number of nitrogens with one attached hydrogen (secondary N) is 2. The molecular weight excluding hydrogens is 396 g/mol. The number of benzene rings is 1. The molecular formula is C24H34N2O5. The number of hydrogen-bond donors (Lipinski definition) is 4. The third kappa shape index (κ3) is 3.77. The van der Waals surface area contributed by atoms with Crippen LogP contribution >= 0.6 is 0 Å². The predicted molar refractivity (Wildman–Crippen MR) is 116 cm³/mol. The monoisotopic (exact) mass is 430 g/mol. The van der Waals surface area contributed by atoms with Gasteiger partial charge >= 0.3 is 0 Å². The third-order valence-corrected chi connectivity index (χ3v) is 7.87. The van der Waals surface area contributed by atoms with Crippen molar-refractivity contribution in [3.8, 4) is 11.5 Å². The third-order valence-electron chi connectivity index (χ3n) is 7.87. The van der Waals surface area contributed by atoms with E-state index in [0.29, 0.717) is 30.4 Å². The van der Waals surface area contributed by atoms with Crippen molar-refractivity contribution in [2.45, 2.75) is 83.9 Å². The van der Waals surface area contributed by atoms with Gasteiger partial charge in [-0.15, -0.1) is 0 Å². The molecule has 0 saturated heterocycles. The van der Waals surface area contributed by atoms with Gasteiger partial charge in [0.2, 0.25) is 5.91 Å². The van der Waals surface area contributed by atoms with Crippen LogP contribution in [0.4, 0.5) is 0 Å². The molecule has 31 heavy (non-hydrogen) atoms. The largest absolute Gasteiger partial charge is 0.507 e. The van der Waals surface area contributed by atoms with Crippen LogP contribution in [-0.2, 0) is 16.0 Å². The molecule has 170 valence electrons. The Balaban J connectivity index is 1.45. The zero-order chi connectivity index (χ0) is 22.5. The van der Waals surface area contributed by atoms with Gasteiger partial charge in [-0.2, -0.15) is 0 Å². The topological polar surface area (TPSA) is 108 Å². The van der Waals surface area contributed by atoms with E-state index in [2.05, 4.69) is 10.6 Å². The molecule has 4 rings (SSSR count). The number of aliphatic hydroxyl groups excluding tert-OH is 1. The Bertz CT molecular complexity index is 914. The molecule has 5 unspecified atom stereocenters. The second-order valence-corrected chi connectivity index (χ2v) is 9.86. The second-order valence-electron chi connectivity index (χ2n) is 9.86. The summed E-state index contributed by atoms with van der Waals surface area (Å²) >= 11 is 0. The lowest BCUT2D eigenvalue weighted by Gasteiger charge is -2.37. The Kier molecular flexibility index (Phi) is 5.66. The van der Waals surface area contributed by atoms with Crippen molar-refractivity contribution in [1.29, 1.82) is 0 Å². The summed E-state index contributed by atoms with van der Waals surface area (Å²) in [5, 5.41) is 25.9. The Morgan fingerprint density at radius 2 is 1.90 bits per heavy atom. The number of carbonyl (C=O) groups excluding carboxylic acids is 2. The first-order chi connectivity index (χ1) is 14.6. The normalized spacial score (nSPS) is 29.8. The van der Waals surface area contributed by atoms with E-state index < -0.39 is 24.2 Å². The molecule has 0 radical (unpaired) electrons. The Labute approximate surface area is 183 Å². The van der Waals surface area contributed by atoms with Crippen molar-refractivity contribution >= 4 is 11.8 Å².